The highest BCUT2D eigenvalue weighted by Crippen LogP contribution is 2.33. The number of aliphatic carboxylic acids is 1. The minimum Gasteiger partial charge on any atom is -0.481 e. The van der Waals surface area contributed by atoms with Crippen LogP contribution in [0.4, 0.5) is 8.78 Å². The third-order valence-electron chi connectivity index (χ3n) is 2.94. The molecule has 1 aromatic carbocycles. The lowest BCUT2D eigenvalue weighted by molar-refractivity contribution is -0.147. The first-order chi connectivity index (χ1) is 8.08. The zero-order chi connectivity index (χ0) is 12.4. The van der Waals surface area contributed by atoms with Crippen molar-refractivity contribution in [1.82, 2.24) is 0 Å². The fraction of sp³-hybridized carbons (Fsp3) is 0.417. The Labute approximate surface area is 97.0 Å². The topological polar surface area (TPSA) is 46.5 Å². The molecule has 1 N–H and O–H groups in total. The molecule has 5 heteroatoms. The smallest absolute Gasteiger partial charge is 0.306 e. The van der Waals surface area contributed by atoms with Crippen LogP contribution in [0.15, 0.2) is 18.2 Å². The molecule has 1 heterocycles. The van der Waals surface area contributed by atoms with E-state index in [4.69, 9.17) is 9.84 Å². The molecule has 2 atom stereocenters. The molecule has 0 saturated carbocycles. The lowest BCUT2D eigenvalue weighted by Crippen LogP contribution is -2.26. The highest BCUT2D eigenvalue weighted by Gasteiger charge is 2.30. The Hall–Kier alpha value is -1.49. The molecule has 1 aliphatic rings. The highest BCUT2D eigenvalue weighted by atomic mass is 19.1. The number of rotatable bonds is 2. The van der Waals surface area contributed by atoms with Crippen LogP contribution >= 0.6 is 0 Å². The Morgan fingerprint density at radius 3 is 2.82 bits per heavy atom. The molecule has 0 spiro atoms. The molecule has 17 heavy (non-hydrogen) atoms. The molecule has 1 aliphatic heterocycles. The van der Waals surface area contributed by atoms with Gasteiger partial charge in [-0.25, -0.2) is 8.78 Å². The second-order valence-electron chi connectivity index (χ2n) is 4.08. The van der Waals surface area contributed by atoms with E-state index in [1.54, 1.807) is 0 Å². The molecule has 3 nitrogen and oxygen atoms in total. The van der Waals surface area contributed by atoms with Crippen LogP contribution in [-0.4, -0.2) is 17.7 Å². The molecular formula is C12H12F2O3. The lowest BCUT2D eigenvalue weighted by Gasteiger charge is -2.27. The summed E-state index contributed by atoms with van der Waals surface area (Å²) in [4.78, 5) is 10.9. The van der Waals surface area contributed by atoms with Gasteiger partial charge in [-0.05, 0) is 18.9 Å². The van der Waals surface area contributed by atoms with Crippen molar-refractivity contribution in [2.24, 2.45) is 5.92 Å². The SMILES string of the molecule is O=C(O)C1CCOC(c2ccc(F)cc2F)C1. The minimum absolute atomic E-state index is 0.220. The predicted molar refractivity (Wildman–Crippen MR) is 55.4 cm³/mol. The number of carboxylic acids is 1. The van der Waals surface area contributed by atoms with Gasteiger partial charge in [0.25, 0.3) is 0 Å². The zero-order valence-corrected chi connectivity index (χ0v) is 9.03. The number of benzene rings is 1. The molecule has 1 aromatic rings. The average Bonchev–Trinajstić information content (AvgIpc) is 2.29. The standard InChI is InChI=1S/C12H12F2O3/c13-8-1-2-9(10(14)6-8)11-5-7(12(15)16)3-4-17-11/h1-2,6-7,11H,3-5H2,(H,15,16). The van der Waals surface area contributed by atoms with E-state index in [0.29, 0.717) is 6.42 Å². The van der Waals surface area contributed by atoms with Gasteiger partial charge in [0.15, 0.2) is 0 Å². The summed E-state index contributed by atoms with van der Waals surface area (Å²) >= 11 is 0. The van der Waals surface area contributed by atoms with Crippen LogP contribution in [0.5, 0.6) is 0 Å². The largest absolute Gasteiger partial charge is 0.481 e. The Morgan fingerprint density at radius 2 is 2.18 bits per heavy atom. The van der Waals surface area contributed by atoms with E-state index in [2.05, 4.69) is 0 Å². The summed E-state index contributed by atoms with van der Waals surface area (Å²) in [6.07, 6.45) is 0.0393. The summed E-state index contributed by atoms with van der Waals surface area (Å²) in [5.41, 5.74) is 0.220. The van der Waals surface area contributed by atoms with Crippen LogP contribution < -0.4 is 0 Å². The maximum atomic E-state index is 13.5. The van der Waals surface area contributed by atoms with Gasteiger partial charge < -0.3 is 9.84 Å². The van der Waals surface area contributed by atoms with E-state index in [9.17, 15) is 13.6 Å². The van der Waals surface area contributed by atoms with Crippen molar-refractivity contribution in [1.29, 1.82) is 0 Å². The van der Waals surface area contributed by atoms with E-state index in [1.807, 2.05) is 0 Å². The van der Waals surface area contributed by atoms with Crippen molar-refractivity contribution in [3.8, 4) is 0 Å². The van der Waals surface area contributed by atoms with E-state index >= 15 is 0 Å². The van der Waals surface area contributed by atoms with Crippen molar-refractivity contribution < 1.29 is 23.4 Å². The molecule has 1 saturated heterocycles. The molecule has 0 amide bonds. The number of hydrogen-bond acceptors (Lipinski definition) is 2. The maximum Gasteiger partial charge on any atom is 0.306 e. The van der Waals surface area contributed by atoms with Crippen LogP contribution in [0.3, 0.4) is 0 Å². The number of carbonyl (C=O) groups is 1. The molecule has 0 aliphatic carbocycles. The first-order valence-electron chi connectivity index (χ1n) is 5.37. The van der Waals surface area contributed by atoms with Crippen LogP contribution in [-0.2, 0) is 9.53 Å². The monoisotopic (exact) mass is 242 g/mol. The van der Waals surface area contributed by atoms with Crippen LogP contribution in [0.25, 0.3) is 0 Å². The van der Waals surface area contributed by atoms with Crippen molar-refractivity contribution in [3.63, 3.8) is 0 Å². The van der Waals surface area contributed by atoms with Gasteiger partial charge in [-0.3, -0.25) is 4.79 Å². The normalized spacial score (nSPS) is 24.6. The second kappa shape index (κ2) is 4.79. The molecule has 2 rings (SSSR count). The fourth-order valence-electron chi connectivity index (χ4n) is 2.00. The van der Waals surface area contributed by atoms with Gasteiger partial charge in [0.2, 0.25) is 0 Å². The van der Waals surface area contributed by atoms with E-state index in [0.717, 1.165) is 12.1 Å². The third-order valence-corrected chi connectivity index (χ3v) is 2.94. The summed E-state index contributed by atoms with van der Waals surface area (Å²) in [6.45, 7) is 0.276. The summed E-state index contributed by atoms with van der Waals surface area (Å²) in [6, 6.07) is 3.23. The Morgan fingerprint density at radius 1 is 1.41 bits per heavy atom. The summed E-state index contributed by atoms with van der Waals surface area (Å²) in [5, 5.41) is 8.91. The van der Waals surface area contributed by atoms with Gasteiger partial charge in [-0.1, -0.05) is 6.07 Å². The minimum atomic E-state index is -0.902. The van der Waals surface area contributed by atoms with Crippen molar-refractivity contribution in [3.05, 3.63) is 35.4 Å². The number of halogens is 2. The van der Waals surface area contributed by atoms with E-state index in [-0.39, 0.29) is 18.6 Å². The third kappa shape index (κ3) is 2.61. The quantitative estimate of drug-likeness (QED) is 0.866. The van der Waals surface area contributed by atoms with E-state index in [1.165, 1.54) is 6.07 Å². The lowest BCUT2D eigenvalue weighted by atomic mass is 9.92. The van der Waals surface area contributed by atoms with E-state index < -0.39 is 29.6 Å². The fourth-order valence-corrected chi connectivity index (χ4v) is 2.00. The van der Waals surface area contributed by atoms with Gasteiger partial charge >= 0.3 is 5.97 Å². The zero-order valence-electron chi connectivity index (χ0n) is 9.03. The predicted octanol–water partition coefficient (Wildman–Crippen LogP) is 2.52. The maximum absolute atomic E-state index is 13.5. The van der Waals surface area contributed by atoms with Crippen LogP contribution in [0.2, 0.25) is 0 Å². The molecule has 2 unspecified atom stereocenters. The first-order valence-corrected chi connectivity index (χ1v) is 5.37. The second-order valence-corrected chi connectivity index (χ2v) is 4.08. The molecule has 1 fully saturated rings. The van der Waals surface area contributed by atoms with Crippen LogP contribution in [0.1, 0.15) is 24.5 Å². The van der Waals surface area contributed by atoms with Gasteiger partial charge in [0.05, 0.1) is 12.0 Å². The van der Waals surface area contributed by atoms with Crippen LogP contribution in [0, 0.1) is 17.6 Å². The summed E-state index contributed by atoms with van der Waals surface area (Å²) in [7, 11) is 0. The van der Waals surface area contributed by atoms with Crippen molar-refractivity contribution in [2.45, 2.75) is 18.9 Å². The summed E-state index contributed by atoms with van der Waals surface area (Å²) < 4.78 is 31.6. The number of ether oxygens (including phenoxy) is 1. The van der Waals surface area contributed by atoms with Gasteiger partial charge in [-0.15, -0.1) is 0 Å². The summed E-state index contributed by atoms with van der Waals surface area (Å²) in [5.74, 6) is -2.78. The Bertz CT molecular complexity index is 434. The van der Waals surface area contributed by atoms with Crippen molar-refractivity contribution in [2.75, 3.05) is 6.61 Å². The van der Waals surface area contributed by atoms with Gasteiger partial charge in [0, 0.05) is 18.2 Å². The molecule has 0 aromatic heterocycles. The average molecular weight is 242 g/mol. The van der Waals surface area contributed by atoms with Gasteiger partial charge in [0.1, 0.15) is 11.6 Å². The Balaban J connectivity index is 2.19. The molecule has 92 valence electrons. The number of carboxylic acid groups (broad SMARTS) is 1. The van der Waals surface area contributed by atoms with Crippen molar-refractivity contribution >= 4 is 5.97 Å². The van der Waals surface area contributed by atoms with Gasteiger partial charge in [-0.2, -0.15) is 0 Å². The first kappa shape index (κ1) is 12.0. The Kier molecular flexibility index (Phi) is 3.38. The molecular weight excluding hydrogens is 230 g/mol. The molecule has 0 bridgehead atoms. The molecule has 0 radical (unpaired) electrons. The number of hydrogen-bond donors (Lipinski definition) is 1. The highest BCUT2D eigenvalue weighted by molar-refractivity contribution is 5.70.